The maximum absolute atomic E-state index is 5.40. The van der Waals surface area contributed by atoms with Crippen LogP contribution >= 0.6 is 0 Å². The number of ether oxygens (including phenoxy) is 2. The van der Waals surface area contributed by atoms with E-state index in [1.54, 1.807) is 0 Å². The van der Waals surface area contributed by atoms with Crippen LogP contribution in [0, 0.1) is 0 Å². The molecule has 1 saturated heterocycles. The highest BCUT2D eigenvalue weighted by Crippen LogP contribution is 2.08. The van der Waals surface area contributed by atoms with Gasteiger partial charge < -0.3 is 9.47 Å². The molecule has 0 bridgehead atoms. The molecule has 5 nitrogen and oxygen atoms in total. The number of hydrogen-bond donors (Lipinski definition) is 0. The van der Waals surface area contributed by atoms with Crippen molar-refractivity contribution in [2.24, 2.45) is 0 Å². The number of aromatic nitrogens is 2. The molecule has 0 amide bonds. The van der Waals surface area contributed by atoms with Gasteiger partial charge >= 0.3 is 6.01 Å². The first kappa shape index (κ1) is 12.3. The summed E-state index contributed by atoms with van der Waals surface area (Å²) in [7, 11) is 0. The Balaban J connectivity index is 1.88. The van der Waals surface area contributed by atoms with Gasteiger partial charge in [0, 0.05) is 37.6 Å². The monoisotopic (exact) mass is 237 g/mol. The molecule has 1 aliphatic heterocycles. The van der Waals surface area contributed by atoms with Crippen molar-refractivity contribution in [3.8, 4) is 6.01 Å². The quantitative estimate of drug-likeness (QED) is 0.784. The van der Waals surface area contributed by atoms with E-state index in [-0.39, 0.29) is 6.10 Å². The second kappa shape index (κ2) is 5.93. The van der Waals surface area contributed by atoms with E-state index < -0.39 is 0 Å². The lowest BCUT2D eigenvalue weighted by Crippen LogP contribution is -2.35. The van der Waals surface area contributed by atoms with Crippen LogP contribution in [0.3, 0.4) is 0 Å². The molecule has 2 heterocycles. The first-order valence-electron chi connectivity index (χ1n) is 6.02. The highest BCUT2D eigenvalue weighted by Gasteiger charge is 2.11. The average Bonchev–Trinajstić information content (AvgIpc) is 2.32. The van der Waals surface area contributed by atoms with Crippen molar-refractivity contribution in [1.82, 2.24) is 14.9 Å². The SMILES string of the molecule is CC(C)Oc1ncc(CN2CCOCC2)cn1. The highest BCUT2D eigenvalue weighted by atomic mass is 16.5. The van der Waals surface area contributed by atoms with Crippen molar-refractivity contribution in [3.05, 3.63) is 18.0 Å². The first-order chi connectivity index (χ1) is 8.24. The lowest BCUT2D eigenvalue weighted by atomic mass is 10.3. The van der Waals surface area contributed by atoms with E-state index in [1.165, 1.54) is 0 Å². The van der Waals surface area contributed by atoms with Crippen LogP contribution < -0.4 is 4.74 Å². The van der Waals surface area contributed by atoms with Crippen molar-refractivity contribution in [3.63, 3.8) is 0 Å². The number of nitrogens with zero attached hydrogens (tertiary/aromatic N) is 3. The van der Waals surface area contributed by atoms with E-state index in [0.29, 0.717) is 6.01 Å². The fraction of sp³-hybridized carbons (Fsp3) is 0.667. The van der Waals surface area contributed by atoms with Gasteiger partial charge in [-0.05, 0) is 13.8 Å². The zero-order valence-electron chi connectivity index (χ0n) is 10.4. The molecule has 1 aromatic heterocycles. The Morgan fingerprint density at radius 1 is 1.29 bits per heavy atom. The van der Waals surface area contributed by atoms with Gasteiger partial charge in [0.05, 0.1) is 19.3 Å². The summed E-state index contributed by atoms with van der Waals surface area (Å²) in [5.41, 5.74) is 1.11. The normalized spacial score (nSPS) is 17.4. The van der Waals surface area contributed by atoms with Crippen LogP contribution in [0.2, 0.25) is 0 Å². The fourth-order valence-corrected chi connectivity index (χ4v) is 1.71. The second-order valence-corrected chi connectivity index (χ2v) is 4.43. The Morgan fingerprint density at radius 3 is 2.53 bits per heavy atom. The summed E-state index contributed by atoms with van der Waals surface area (Å²) in [5, 5.41) is 0. The zero-order valence-corrected chi connectivity index (χ0v) is 10.4. The lowest BCUT2D eigenvalue weighted by molar-refractivity contribution is 0.0340. The van der Waals surface area contributed by atoms with Gasteiger partial charge in [0.25, 0.3) is 0 Å². The van der Waals surface area contributed by atoms with E-state index >= 15 is 0 Å². The summed E-state index contributed by atoms with van der Waals surface area (Å²) in [4.78, 5) is 10.7. The molecule has 94 valence electrons. The third-order valence-corrected chi connectivity index (χ3v) is 2.53. The molecule has 1 aromatic rings. The molecule has 0 N–H and O–H groups in total. The molecule has 1 aliphatic rings. The van der Waals surface area contributed by atoms with Crippen molar-refractivity contribution >= 4 is 0 Å². The number of rotatable bonds is 4. The molecule has 1 fully saturated rings. The van der Waals surface area contributed by atoms with Gasteiger partial charge in [0.2, 0.25) is 0 Å². The largest absolute Gasteiger partial charge is 0.461 e. The van der Waals surface area contributed by atoms with Crippen LogP contribution in [-0.4, -0.2) is 47.3 Å². The van der Waals surface area contributed by atoms with Crippen LogP contribution in [0.1, 0.15) is 19.4 Å². The maximum atomic E-state index is 5.40. The van der Waals surface area contributed by atoms with Crippen molar-refractivity contribution < 1.29 is 9.47 Å². The van der Waals surface area contributed by atoms with Crippen LogP contribution in [0.5, 0.6) is 6.01 Å². The Labute approximate surface area is 102 Å². The summed E-state index contributed by atoms with van der Waals surface area (Å²) in [6, 6.07) is 0.450. The maximum Gasteiger partial charge on any atom is 0.316 e. The summed E-state index contributed by atoms with van der Waals surface area (Å²) in [5.74, 6) is 0. The fourth-order valence-electron chi connectivity index (χ4n) is 1.71. The molecule has 0 spiro atoms. The minimum Gasteiger partial charge on any atom is -0.461 e. The molecule has 0 saturated carbocycles. The van der Waals surface area contributed by atoms with Gasteiger partial charge in [0.15, 0.2) is 0 Å². The van der Waals surface area contributed by atoms with Gasteiger partial charge in [-0.25, -0.2) is 9.97 Å². The van der Waals surface area contributed by atoms with Gasteiger partial charge in [-0.2, -0.15) is 0 Å². The molecule has 0 atom stereocenters. The summed E-state index contributed by atoms with van der Waals surface area (Å²) in [6.45, 7) is 8.39. The van der Waals surface area contributed by atoms with E-state index in [0.717, 1.165) is 38.4 Å². The van der Waals surface area contributed by atoms with E-state index in [9.17, 15) is 0 Å². The third-order valence-electron chi connectivity index (χ3n) is 2.53. The average molecular weight is 237 g/mol. The minimum absolute atomic E-state index is 0.111. The summed E-state index contributed by atoms with van der Waals surface area (Å²) < 4.78 is 10.7. The Morgan fingerprint density at radius 2 is 1.94 bits per heavy atom. The Kier molecular flexibility index (Phi) is 4.28. The Bertz CT molecular complexity index is 334. The number of hydrogen-bond acceptors (Lipinski definition) is 5. The van der Waals surface area contributed by atoms with Crippen molar-refractivity contribution in [2.75, 3.05) is 26.3 Å². The first-order valence-corrected chi connectivity index (χ1v) is 6.02. The molecule has 0 aromatic carbocycles. The molecule has 2 rings (SSSR count). The lowest BCUT2D eigenvalue weighted by Gasteiger charge is -2.26. The van der Waals surface area contributed by atoms with Crippen LogP contribution in [-0.2, 0) is 11.3 Å². The van der Waals surface area contributed by atoms with E-state index in [2.05, 4.69) is 14.9 Å². The molecule has 0 radical (unpaired) electrons. The third kappa shape index (κ3) is 3.94. The predicted molar refractivity (Wildman–Crippen MR) is 63.9 cm³/mol. The van der Waals surface area contributed by atoms with Crippen molar-refractivity contribution in [1.29, 1.82) is 0 Å². The van der Waals surface area contributed by atoms with E-state index in [4.69, 9.17) is 9.47 Å². The molecular formula is C12H19N3O2. The smallest absolute Gasteiger partial charge is 0.316 e. The van der Waals surface area contributed by atoms with Crippen LogP contribution in [0.25, 0.3) is 0 Å². The molecule has 5 heteroatoms. The van der Waals surface area contributed by atoms with Crippen LogP contribution in [0.15, 0.2) is 12.4 Å². The predicted octanol–water partition coefficient (Wildman–Crippen LogP) is 1.10. The molecular weight excluding hydrogens is 218 g/mol. The van der Waals surface area contributed by atoms with Gasteiger partial charge in [-0.3, -0.25) is 4.90 Å². The topological polar surface area (TPSA) is 47.5 Å². The van der Waals surface area contributed by atoms with Gasteiger partial charge in [-0.15, -0.1) is 0 Å². The number of morpholine rings is 1. The standard InChI is InChI=1S/C12H19N3O2/c1-10(2)17-12-13-7-11(8-14-12)9-15-3-5-16-6-4-15/h7-8,10H,3-6,9H2,1-2H3. The second-order valence-electron chi connectivity index (χ2n) is 4.43. The van der Waals surface area contributed by atoms with E-state index in [1.807, 2.05) is 26.2 Å². The minimum atomic E-state index is 0.111. The molecule has 17 heavy (non-hydrogen) atoms. The molecule has 0 aliphatic carbocycles. The zero-order chi connectivity index (χ0) is 12.1. The highest BCUT2D eigenvalue weighted by molar-refractivity contribution is 5.07. The molecule has 0 unspecified atom stereocenters. The van der Waals surface area contributed by atoms with Gasteiger partial charge in [0.1, 0.15) is 0 Å². The Hall–Kier alpha value is -1.20. The van der Waals surface area contributed by atoms with Crippen LogP contribution in [0.4, 0.5) is 0 Å². The van der Waals surface area contributed by atoms with Gasteiger partial charge in [-0.1, -0.05) is 0 Å². The summed E-state index contributed by atoms with van der Waals surface area (Å²) in [6.07, 6.45) is 3.78. The summed E-state index contributed by atoms with van der Waals surface area (Å²) >= 11 is 0. The van der Waals surface area contributed by atoms with Crippen molar-refractivity contribution in [2.45, 2.75) is 26.5 Å².